The van der Waals surface area contributed by atoms with Gasteiger partial charge in [0.05, 0.1) is 11.0 Å². The molecule has 0 amide bonds. The Hall–Kier alpha value is -1.52. The summed E-state index contributed by atoms with van der Waals surface area (Å²) in [5.41, 5.74) is 8.66. The number of nitrogens with zero attached hydrogens (tertiary/aromatic N) is 3. The van der Waals surface area contributed by atoms with E-state index in [4.69, 9.17) is 5.73 Å². The lowest BCUT2D eigenvalue weighted by Crippen LogP contribution is -2.32. The smallest absolute Gasteiger partial charge is 0.0890 e. The van der Waals surface area contributed by atoms with Crippen molar-refractivity contribution in [3.8, 4) is 0 Å². The zero-order valence-corrected chi connectivity index (χ0v) is 11.0. The van der Waals surface area contributed by atoms with Gasteiger partial charge in [0.1, 0.15) is 0 Å². The van der Waals surface area contributed by atoms with Crippen molar-refractivity contribution in [3.05, 3.63) is 36.2 Å². The van der Waals surface area contributed by atoms with Gasteiger partial charge in [0.2, 0.25) is 0 Å². The van der Waals surface area contributed by atoms with Crippen LogP contribution >= 0.6 is 0 Å². The molecule has 2 heterocycles. The molecule has 1 atom stereocenters. The van der Waals surface area contributed by atoms with Crippen LogP contribution in [0.3, 0.4) is 0 Å². The van der Waals surface area contributed by atoms with Crippen LogP contribution in [0.4, 0.5) is 0 Å². The third kappa shape index (κ3) is 3.03. The first kappa shape index (κ1) is 12.9. The van der Waals surface area contributed by atoms with Crippen LogP contribution in [0.5, 0.6) is 0 Å². The summed E-state index contributed by atoms with van der Waals surface area (Å²) < 4.78 is 0. The van der Waals surface area contributed by atoms with Crippen LogP contribution in [0.25, 0.3) is 11.0 Å². The van der Waals surface area contributed by atoms with Gasteiger partial charge in [-0.25, -0.2) is 0 Å². The van der Waals surface area contributed by atoms with E-state index >= 15 is 0 Å². The molecule has 0 spiro atoms. The first-order chi connectivity index (χ1) is 8.70. The summed E-state index contributed by atoms with van der Waals surface area (Å²) >= 11 is 0. The van der Waals surface area contributed by atoms with Crippen molar-refractivity contribution < 1.29 is 0 Å². The summed E-state index contributed by atoms with van der Waals surface area (Å²) in [4.78, 5) is 11.1. The summed E-state index contributed by atoms with van der Waals surface area (Å²) in [7, 11) is 4.17. The van der Waals surface area contributed by atoms with Crippen LogP contribution in [0.2, 0.25) is 0 Å². The van der Waals surface area contributed by atoms with E-state index in [9.17, 15) is 0 Å². The van der Waals surface area contributed by atoms with Gasteiger partial charge in [-0.15, -0.1) is 0 Å². The van der Waals surface area contributed by atoms with E-state index in [1.54, 1.807) is 6.20 Å². The molecule has 0 fully saturated rings. The maximum absolute atomic E-state index is 5.65. The topological polar surface area (TPSA) is 55.0 Å². The van der Waals surface area contributed by atoms with Crippen molar-refractivity contribution in [2.45, 2.75) is 18.9 Å². The molecule has 0 saturated carbocycles. The molecule has 96 valence electrons. The largest absolute Gasteiger partial charge is 0.330 e. The molecular weight excluding hydrogens is 224 g/mol. The van der Waals surface area contributed by atoms with Crippen molar-refractivity contribution >= 4 is 11.0 Å². The number of aromatic nitrogens is 2. The van der Waals surface area contributed by atoms with E-state index in [0.717, 1.165) is 29.6 Å². The molecule has 0 bridgehead atoms. The van der Waals surface area contributed by atoms with Crippen LogP contribution < -0.4 is 5.73 Å². The zero-order chi connectivity index (χ0) is 13.0. The van der Waals surface area contributed by atoms with Crippen LogP contribution in [0, 0.1) is 0 Å². The molecule has 18 heavy (non-hydrogen) atoms. The summed E-state index contributed by atoms with van der Waals surface area (Å²) in [6, 6.07) is 8.45. The quantitative estimate of drug-likeness (QED) is 0.865. The van der Waals surface area contributed by atoms with Crippen molar-refractivity contribution in [2.75, 3.05) is 20.6 Å². The number of hydrogen-bond acceptors (Lipinski definition) is 4. The highest BCUT2D eigenvalue weighted by atomic mass is 15.1. The molecule has 4 nitrogen and oxygen atoms in total. The maximum atomic E-state index is 5.65. The Morgan fingerprint density at radius 3 is 2.78 bits per heavy atom. The van der Waals surface area contributed by atoms with E-state index in [1.807, 2.05) is 18.2 Å². The molecule has 2 N–H and O–H groups in total. The fourth-order valence-electron chi connectivity index (χ4n) is 2.09. The number of pyridine rings is 2. The van der Waals surface area contributed by atoms with Gasteiger partial charge in [-0.3, -0.25) is 9.97 Å². The van der Waals surface area contributed by atoms with E-state index in [0.29, 0.717) is 12.6 Å². The van der Waals surface area contributed by atoms with Crippen LogP contribution in [-0.2, 0) is 6.42 Å². The van der Waals surface area contributed by atoms with Gasteiger partial charge >= 0.3 is 0 Å². The van der Waals surface area contributed by atoms with Crippen LogP contribution in [0.15, 0.2) is 30.5 Å². The number of likely N-dealkylation sites (N-methyl/N-ethyl adjacent to an activating group) is 1. The van der Waals surface area contributed by atoms with Crippen molar-refractivity contribution in [1.29, 1.82) is 0 Å². The third-order valence-electron chi connectivity index (χ3n) is 3.19. The molecule has 2 rings (SSSR count). The molecule has 0 radical (unpaired) electrons. The number of rotatable bonds is 5. The fraction of sp³-hybridized carbons (Fsp3) is 0.429. The first-order valence-electron chi connectivity index (χ1n) is 6.28. The minimum atomic E-state index is 0.441. The molecule has 2 aromatic heterocycles. The Kier molecular flexibility index (Phi) is 4.23. The third-order valence-corrected chi connectivity index (χ3v) is 3.19. The van der Waals surface area contributed by atoms with Gasteiger partial charge in [0.25, 0.3) is 0 Å². The van der Waals surface area contributed by atoms with Crippen molar-refractivity contribution in [1.82, 2.24) is 14.9 Å². The second kappa shape index (κ2) is 5.89. The molecule has 2 aromatic rings. The van der Waals surface area contributed by atoms with Gasteiger partial charge in [-0.1, -0.05) is 0 Å². The highest BCUT2D eigenvalue weighted by molar-refractivity contribution is 5.73. The number of nitrogens with two attached hydrogens (primary N) is 1. The average molecular weight is 244 g/mol. The summed E-state index contributed by atoms with van der Waals surface area (Å²) in [5, 5.41) is 0. The average Bonchev–Trinajstić information content (AvgIpc) is 2.38. The molecule has 4 heteroatoms. The summed E-state index contributed by atoms with van der Waals surface area (Å²) in [6.45, 7) is 0.706. The summed E-state index contributed by atoms with van der Waals surface area (Å²) in [6.07, 6.45) is 3.70. The van der Waals surface area contributed by atoms with Gasteiger partial charge in [-0.05, 0) is 51.3 Å². The molecule has 0 aliphatic carbocycles. The Morgan fingerprint density at radius 2 is 2.06 bits per heavy atom. The predicted octanol–water partition coefficient (Wildman–Crippen LogP) is 1.45. The highest BCUT2D eigenvalue weighted by Crippen LogP contribution is 2.12. The van der Waals surface area contributed by atoms with Gasteiger partial charge < -0.3 is 10.6 Å². The van der Waals surface area contributed by atoms with E-state index < -0.39 is 0 Å². The van der Waals surface area contributed by atoms with Crippen molar-refractivity contribution in [2.24, 2.45) is 5.73 Å². The Labute approximate surface area is 108 Å². The minimum absolute atomic E-state index is 0.441. The van der Waals surface area contributed by atoms with E-state index in [1.165, 1.54) is 0 Å². The first-order valence-corrected chi connectivity index (χ1v) is 6.28. The van der Waals surface area contributed by atoms with Gasteiger partial charge in [-0.2, -0.15) is 0 Å². The van der Waals surface area contributed by atoms with Crippen LogP contribution in [-0.4, -0.2) is 41.5 Å². The lowest BCUT2D eigenvalue weighted by Gasteiger charge is -2.23. The Balaban J connectivity index is 2.20. The zero-order valence-electron chi connectivity index (χ0n) is 11.0. The van der Waals surface area contributed by atoms with Crippen molar-refractivity contribution in [3.63, 3.8) is 0 Å². The number of hydrogen-bond donors (Lipinski definition) is 1. The molecule has 1 unspecified atom stereocenters. The molecule has 0 saturated heterocycles. The second-order valence-electron chi connectivity index (χ2n) is 4.74. The highest BCUT2D eigenvalue weighted by Gasteiger charge is 2.12. The standard InChI is InChI=1S/C14H20N4/c1-18(2)12(7-8-15)10-11-5-6-13-14(17-11)4-3-9-16-13/h3-6,9,12H,7-8,10,15H2,1-2H3. The lowest BCUT2D eigenvalue weighted by atomic mass is 10.1. The SMILES string of the molecule is CN(C)C(CCN)Cc1ccc2ncccc2n1. The normalized spacial score (nSPS) is 13.1. The molecule has 0 aliphatic rings. The predicted molar refractivity (Wildman–Crippen MR) is 74.4 cm³/mol. The van der Waals surface area contributed by atoms with E-state index in [-0.39, 0.29) is 0 Å². The van der Waals surface area contributed by atoms with Crippen LogP contribution in [0.1, 0.15) is 12.1 Å². The van der Waals surface area contributed by atoms with Gasteiger partial charge in [0.15, 0.2) is 0 Å². The summed E-state index contributed by atoms with van der Waals surface area (Å²) in [5.74, 6) is 0. The minimum Gasteiger partial charge on any atom is -0.330 e. The maximum Gasteiger partial charge on any atom is 0.0890 e. The molecule has 0 aliphatic heterocycles. The Bertz CT molecular complexity index is 510. The Morgan fingerprint density at radius 1 is 1.22 bits per heavy atom. The molecular formula is C14H20N4. The second-order valence-corrected chi connectivity index (χ2v) is 4.74. The fourth-order valence-corrected chi connectivity index (χ4v) is 2.09. The lowest BCUT2D eigenvalue weighted by molar-refractivity contribution is 0.278. The van der Waals surface area contributed by atoms with Gasteiger partial charge in [0, 0.05) is 24.4 Å². The van der Waals surface area contributed by atoms with E-state index in [2.05, 4.69) is 35.0 Å². The number of fused-ring (bicyclic) bond motifs is 1. The molecule has 0 aromatic carbocycles. The monoisotopic (exact) mass is 244 g/mol.